The number of carbonyl (C=O) groups is 1. The lowest BCUT2D eigenvalue weighted by Crippen LogP contribution is -2.33. The maximum absolute atomic E-state index is 13.6. The van der Waals surface area contributed by atoms with Crippen LogP contribution in [0.25, 0.3) is 5.65 Å². The fourth-order valence-electron chi connectivity index (χ4n) is 3.59. The Morgan fingerprint density at radius 1 is 1.12 bits per heavy atom. The van der Waals surface area contributed by atoms with Gasteiger partial charge in [-0.05, 0) is 53.9 Å². The zero-order chi connectivity index (χ0) is 21.9. The second-order valence-corrected chi connectivity index (χ2v) is 7.22. The SMILES string of the molecule is O=C(Nc1cccc(C#Cc2cnc3cccnn23)c1)N1OCC[C@@H]1c1cccc(F)c1. The number of nitrogens with one attached hydrogen (secondary N) is 1. The van der Waals surface area contributed by atoms with E-state index in [0.717, 1.165) is 11.2 Å². The number of aromatic nitrogens is 3. The molecule has 2 aromatic heterocycles. The lowest BCUT2D eigenvalue weighted by Gasteiger charge is -2.23. The van der Waals surface area contributed by atoms with Crippen LogP contribution in [0.3, 0.4) is 0 Å². The minimum atomic E-state index is -0.423. The topological polar surface area (TPSA) is 71.8 Å². The lowest BCUT2D eigenvalue weighted by atomic mass is 10.0. The molecule has 1 atom stereocenters. The van der Waals surface area contributed by atoms with Crippen molar-refractivity contribution in [1.82, 2.24) is 19.7 Å². The fraction of sp³-hybridized carbons (Fsp3) is 0.125. The van der Waals surface area contributed by atoms with Crippen molar-refractivity contribution < 1.29 is 14.0 Å². The number of hydroxylamine groups is 2. The van der Waals surface area contributed by atoms with Crippen LogP contribution in [0.5, 0.6) is 0 Å². The summed E-state index contributed by atoms with van der Waals surface area (Å²) < 4.78 is 15.3. The smallest absolute Gasteiger partial charge is 0.306 e. The summed E-state index contributed by atoms with van der Waals surface area (Å²) in [5.74, 6) is 5.79. The number of benzene rings is 2. The highest BCUT2D eigenvalue weighted by molar-refractivity contribution is 5.89. The number of fused-ring (bicyclic) bond motifs is 1. The Labute approximate surface area is 183 Å². The van der Waals surface area contributed by atoms with E-state index in [-0.39, 0.29) is 11.9 Å². The van der Waals surface area contributed by atoms with E-state index in [0.29, 0.717) is 30.0 Å². The lowest BCUT2D eigenvalue weighted by molar-refractivity contribution is -0.0830. The molecule has 1 saturated heterocycles. The highest BCUT2D eigenvalue weighted by Gasteiger charge is 2.32. The molecular weight excluding hydrogens is 409 g/mol. The summed E-state index contributed by atoms with van der Waals surface area (Å²) in [6.07, 6.45) is 3.93. The van der Waals surface area contributed by atoms with E-state index in [1.54, 1.807) is 47.2 Å². The van der Waals surface area contributed by atoms with Gasteiger partial charge >= 0.3 is 6.03 Å². The number of nitrogens with zero attached hydrogens (tertiary/aromatic N) is 4. The van der Waals surface area contributed by atoms with Crippen LogP contribution in [0, 0.1) is 17.7 Å². The number of rotatable bonds is 2. The second-order valence-electron chi connectivity index (χ2n) is 7.22. The Hall–Kier alpha value is -4.22. The molecule has 1 aliphatic heterocycles. The number of hydrogen-bond acceptors (Lipinski definition) is 4. The molecular formula is C24H18FN5O2. The van der Waals surface area contributed by atoms with E-state index in [1.807, 2.05) is 18.2 Å². The first kappa shape index (κ1) is 19.7. The predicted molar refractivity (Wildman–Crippen MR) is 116 cm³/mol. The van der Waals surface area contributed by atoms with Gasteiger partial charge in [0.25, 0.3) is 0 Å². The van der Waals surface area contributed by atoms with Gasteiger partial charge < -0.3 is 5.32 Å². The van der Waals surface area contributed by atoms with Crippen molar-refractivity contribution in [3.8, 4) is 11.8 Å². The van der Waals surface area contributed by atoms with Gasteiger partial charge in [0.05, 0.1) is 18.8 Å². The molecule has 0 radical (unpaired) electrons. The Bertz CT molecular complexity index is 1360. The fourth-order valence-corrected chi connectivity index (χ4v) is 3.59. The molecule has 5 rings (SSSR count). The normalized spacial score (nSPS) is 15.4. The predicted octanol–water partition coefficient (Wildman–Crippen LogP) is 4.18. The quantitative estimate of drug-likeness (QED) is 0.487. The van der Waals surface area contributed by atoms with Gasteiger partial charge in [0.1, 0.15) is 11.5 Å². The Balaban J connectivity index is 1.32. The van der Waals surface area contributed by atoms with Crippen LogP contribution in [-0.4, -0.2) is 32.3 Å². The Morgan fingerprint density at radius 3 is 2.94 bits per heavy atom. The zero-order valence-electron chi connectivity index (χ0n) is 16.9. The minimum Gasteiger partial charge on any atom is -0.306 e. The summed E-state index contributed by atoms with van der Waals surface area (Å²) in [4.78, 5) is 22.6. The van der Waals surface area contributed by atoms with Crippen molar-refractivity contribution in [2.24, 2.45) is 0 Å². The van der Waals surface area contributed by atoms with E-state index in [9.17, 15) is 9.18 Å². The molecule has 1 aliphatic rings. The standard InChI is InChI=1S/C24H18FN5O2/c25-19-6-2-5-18(15-19)22-11-13-32-30(22)24(31)28-20-7-1-4-17(14-20)9-10-21-16-26-23-8-3-12-27-29(21)23/h1-8,12,14-16,22H,11,13H2,(H,28,31)/t22-/m1/s1. The molecule has 0 spiro atoms. The summed E-state index contributed by atoms with van der Waals surface area (Å²) >= 11 is 0. The van der Waals surface area contributed by atoms with Crippen LogP contribution in [0.15, 0.2) is 73.1 Å². The molecule has 8 heteroatoms. The average molecular weight is 427 g/mol. The largest absolute Gasteiger partial charge is 0.346 e. The molecule has 4 aromatic rings. The number of amides is 2. The summed E-state index contributed by atoms with van der Waals surface area (Å²) in [5.41, 5.74) is 3.37. The van der Waals surface area contributed by atoms with Gasteiger partial charge in [-0.2, -0.15) is 10.2 Å². The van der Waals surface area contributed by atoms with Gasteiger partial charge in [0.2, 0.25) is 0 Å². The van der Waals surface area contributed by atoms with E-state index in [4.69, 9.17) is 4.84 Å². The molecule has 1 N–H and O–H groups in total. The van der Waals surface area contributed by atoms with E-state index < -0.39 is 6.03 Å². The number of imidazole rings is 1. The van der Waals surface area contributed by atoms with Gasteiger partial charge in [0.15, 0.2) is 5.65 Å². The third-order valence-electron chi connectivity index (χ3n) is 5.06. The molecule has 2 amide bonds. The molecule has 0 unspecified atom stereocenters. The van der Waals surface area contributed by atoms with Crippen molar-refractivity contribution in [2.75, 3.05) is 11.9 Å². The molecule has 32 heavy (non-hydrogen) atoms. The maximum atomic E-state index is 13.6. The third kappa shape index (κ3) is 4.02. The third-order valence-corrected chi connectivity index (χ3v) is 5.06. The average Bonchev–Trinajstić information content (AvgIpc) is 3.46. The van der Waals surface area contributed by atoms with Crippen LogP contribution in [-0.2, 0) is 4.84 Å². The monoisotopic (exact) mass is 427 g/mol. The molecule has 0 saturated carbocycles. The van der Waals surface area contributed by atoms with E-state index in [2.05, 4.69) is 27.2 Å². The van der Waals surface area contributed by atoms with Gasteiger partial charge in [-0.25, -0.2) is 18.7 Å². The molecule has 3 heterocycles. The molecule has 0 bridgehead atoms. The summed E-state index contributed by atoms with van der Waals surface area (Å²) in [6, 6.07) is 16.3. The zero-order valence-corrected chi connectivity index (χ0v) is 16.9. The molecule has 158 valence electrons. The van der Waals surface area contributed by atoms with Crippen LogP contribution in [0.1, 0.15) is 29.3 Å². The second kappa shape index (κ2) is 8.49. The van der Waals surface area contributed by atoms with Crippen molar-refractivity contribution >= 4 is 17.4 Å². The van der Waals surface area contributed by atoms with E-state index >= 15 is 0 Å². The van der Waals surface area contributed by atoms with Gasteiger partial charge in [-0.3, -0.25) is 4.84 Å². The van der Waals surface area contributed by atoms with E-state index in [1.165, 1.54) is 17.2 Å². The minimum absolute atomic E-state index is 0.345. The Morgan fingerprint density at radius 2 is 2.03 bits per heavy atom. The first-order valence-corrected chi connectivity index (χ1v) is 10.1. The van der Waals surface area contributed by atoms with Crippen LogP contribution >= 0.6 is 0 Å². The van der Waals surface area contributed by atoms with Gasteiger partial charge in [-0.15, -0.1) is 0 Å². The highest BCUT2D eigenvalue weighted by atomic mass is 19.1. The summed E-state index contributed by atoms with van der Waals surface area (Å²) in [6.45, 7) is 0.382. The van der Waals surface area contributed by atoms with Crippen molar-refractivity contribution in [2.45, 2.75) is 12.5 Å². The van der Waals surface area contributed by atoms with Gasteiger partial charge in [-0.1, -0.05) is 24.1 Å². The number of carbonyl (C=O) groups excluding carboxylic acids is 1. The first-order chi connectivity index (χ1) is 15.7. The number of halogens is 1. The number of urea groups is 1. The maximum Gasteiger partial charge on any atom is 0.346 e. The van der Waals surface area contributed by atoms with Crippen LogP contribution in [0.4, 0.5) is 14.9 Å². The Kier molecular flexibility index (Phi) is 5.24. The highest BCUT2D eigenvalue weighted by Crippen LogP contribution is 2.31. The van der Waals surface area contributed by atoms with Crippen molar-refractivity contribution in [1.29, 1.82) is 0 Å². The molecule has 1 fully saturated rings. The molecule has 7 nitrogen and oxygen atoms in total. The van der Waals surface area contributed by atoms with Crippen molar-refractivity contribution in [3.63, 3.8) is 0 Å². The summed E-state index contributed by atoms with van der Waals surface area (Å²) in [5, 5.41) is 8.34. The number of anilines is 1. The first-order valence-electron chi connectivity index (χ1n) is 10.1. The summed E-state index contributed by atoms with van der Waals surface area (Å²) in [7, 11) is 0. The molecule has 0 aliphatic carbocycles. The van der Waals surface area contributed by atoms with Crippen LogP contribution < -0.4 is 5.32 Å². The van der Waals surface area contributed by atoms with Crippen molar-refractivity contribution in [3.05, 3.63) is 95.7 Å². The van der Waals surface area contributed by atoms with Gasteiger partial charge in [0, 0.05) is 23.9 Å². The number of hydrogen-bond donors (Lipinski definition) is 1. The molecule has 2 aromatic carbocycles. The van der Waals surface area contributed by atoms with Crippen LogP contribution in [0.2, 0.25) is 0 Å².